The van der Waals surface area contributed by atoms with Gasteiger partial charge in [0.05, 0.1) is 16.8 Å². The highest BCUT2D eigenvalue weighted by Crippen LogP contribution is 2.30. The third-order valence-corrected chi connectivity index (χ3v) is 2.67. The Kier molecular flexibility index (Phi) is 4.33. The van der Waals surface area contributed by atoms with Crippen molar-refractivity contribution in [2.45, 2.75) is 6.18 Å². The van der Waals surface area contributed by atoms with E-state index in [4.69, 9.17) is 10.3 Å². The molecule has 0 aromatic heterocycles. The molecule has 5 nitrogen and oxygen atoms in total. The van der Waals surface area contributed by atoms with Gasteiger partial charge in [-0.15, -0.1) is 0 Å². The summed E-state index contributed by atoms with van der Waals surface area (Å²) in [6.07, 6.45) is -4.48. The zero-order valence-corrected chi connectivity index (χ0v) is 10.9. The van der Waals surface area contributed by atoms with Crippen LogP contribution in [-0.4, -0.2) is 5.97 Å². The van der Waals surface area contributed by atoms with Crippen LogP contribution in [0.1, 0.15) is 15.9 Å². The van der Waals surface area contributed by atoms with Crippen LogP contribution in [0.25, 0.3) is 10.4 Å². The number of hydrogen-bond donors (Lipinski definition) is 0. The smallest absolute Gasteiger partial charge is 0.416 e. The number of rotatable bonds is 3. The summed E-state index contributed by atoms with van der Waals surface area (Å²) in [5.41, 5.74) is 7.60. The summed E-state index contributed by atoms with van der Waals surface area (Å²) in [5.74, 6) is -0.834. The maximum absolute atomic E-state index is 12.4. The molecule has 8 heteroatoms. The third kappa shape index (κ3) is 3.56. The van der Waals surface area contributed by atoms with Crippen LogP contribution in [0.15, 0.2) is 53.6 Å². The number of ether oxygens (including phenoxy) is 1. The van der Waals surface area contributed by atoms with E-state index in [-0.39, 0.29) is 17.0 Å². The fraction of sp³-hybridized carbons (Fsp3) is 0.0714. The number of esters is 1. The normalized spacial score (nSPS) is 10.7. The lowest BCUT2D eigenvalue weighted by atomic mass is 10.1. The van der Waals surface area contributed by atoms with Crippen LogP contribution in [0, 0.1) is 0 Å². The van der Waals surface area contributed by atoms with Gasteiger partial charge < -0.3 is 4.74 Å². The third-order valence-electron chi connectivity index (χ3n) is 2.67. The lowest BCUT2D eigenvalue weighted by molar-refractivity contribution is -0.137. The molecule has 0 radical (unpaired) electrons. The van der Waals surface area contributed by atoms with Crippen molar-refractivity contribution in [2.75, 3.05) is 0 Å². The average Bonchev–Trinajstić information content (AvgIpc) is 2.49. The largest absolute Gasteiger partial charge is 0.422 e. The van der Waals surface area contributed by atoms with E-state index in [9.17, 15) is 18.0 Å². The van der Waals surface area contributed by atoms with Gasteiger partial charge in [0, 0.05) is 4.91 Å². The molecule has 0 aliphatic heterocycles. The summed E-state index contributed by atoms with van der Waals surface area (Å²) in [6, 6.07) is 9.60. The topological polar surface area (TPSA) is 75.1 Å². The van der Waals surface area contributed by atoms with Gasteiger partial charge in [-0.2, -0.15) is 13.2 Å². The number of hydrogen-bond acceptors (Lipinski definition) is 3. The van der Waals surface area contributed by atoms with E-state index < -0.39 is 17.7 Å². The van der Waals surface area contributed by atoms with Gasteiger partial charge in [-0.25, -0.2) is 4.79 Å². The molecule has 2 aromatic carbocycles. The molecule has 0 saturated carbocycles. The number of para-hydroxylation sites is 1. The molecule has 0 atom stereocenters. The van der Waals surface area contributed by atoms with Crippen molar-refractivity contribution in [3.8, 4) is 5.75 Å². The van der Waals surface area contributed by atoms with E-state index in [1.807, 2.05) is 0 Å². The molecule has 0 bridgehead atoms. The van der Waals surface area contributed by atoms with E-state index in [2.05, 4.69) is 10.0 Å². The number of nitrogens with zero attached hydrogens (tertiary/aromatic N) is 3. The number of halogens is 3. The molecule has 0 saturated heterocycles. The van der Waals surface area contributed by atoms with Gasteiger partial charge in [0.1, 0.15) is 5.75 Å². The first-order valence-corrected chi connectivity index (χ1v) is 5.95. The molecule has 0 fully saturated rings. The first-order valence-electron chi connectivity index (χ1n) is 5.95. The van der Waals surface area contributed by atoms with Crippen LogP contribution in [0.4, 0.5) is 18.9 Å². The van der Waals surface area contributed by atoms with Crippen LogP contribution in [0.5, 0.6) is 5.75 Å². The fourth-order valence-corrected chi connectivity index (χ4v) is 1.63. The second-order valence-corrected chi connectivity index (χ2v) is 4.12. The standard InChI is InChI=1S/C14H8F3N3O2/c15-14(16,17)10-7-5-9(6-8-10)13(21)22-12-4-2-1-3-11(12)19-20-18/h1-8H. The van der Waals surface area contributed by atoms with Gasteiger partial charge in [0.2, 0.25) is 0 Å². The molecule has 0 unspecified atom stereocenters. The van der Waals surface area contributed by atoms with Crippen molar-refractivity contribution >= 4 is 11.7 Å². The SMILES string of the molecule is [N-]=[N+]=Nc1ccccc1OC(=O)c1ccc(C(F)(F)F)cc1. The van der Waals surface area contributed by atoms with E-state index in [0.29, 0.717) is 0 Å². The Morgan fingerprint density at radius 3 is 2.32 bits per heavy atom. The van der Waals surface area contributed by atoms with Crippen LogP contribution in [0.3, 0.4) is 0 Å². The number of carbonyl (C=O) groups is 1. The number of benzene rings is 2. The zero-order chi connectivity index (χ0) is 16.2. The molecule has 0 spiro atoms. The highest BCUT2D eigenvalue weighted by molar-refractivity contribution is 5.91. The Bertz CT molecular complexity index is 736. The summed E-state index contributed by atoms with van der Waals surface area (Å²) in [5, 5.41) is 3.35. The van der Waals surface area contributed by atoms with E-state index in [1.165, 1.54) is 12.1 Å². The molecule has 0 N–H and O–H groups in total. The molecule has 22 heavy (non-hydrogen) atoms. The quantitative estimate of drug-likeness (QED) is 0.267. The van der Waals surface area contributed by atoms with Gasteiger partial charge >= 0.3 is 12.1 Å². The highest BCUT2D eigenvalue weighted by atomic mass is 19.4. The van der Waals surface area contributed by atoms with Gasteiger partial charge in [-0.1, -0.05) is 17.2 Å². The van der Waals surface area contributed by atoms with E-state index in [1.54, 1.807) is 12.1 Å². The van der Waals surface area contributed by atoms with Crippen molar-refractivity contribution in [3.05, 3.63) is 70.1 Å². The fourth-order valence-electron chi connectivity index (χ4n) is 1.63. The van der Waals surface area contributed by atoms with Crippen molar-refractivity contribution in [3.63, 3.8) is 0 Å². The number of azide groups is 1. The zero-order valence-electron chi connectivity index (χ0n) is 10.9. The van der Waals surface area contributed by atoms with Crippen LogP contribution < -0.4 is 4.74 Å². The molecule has 0 aliphatic carbocycles. The Labute approximate surface area is 122 Å². The second kappa shape index (κ2) is 6.19. The Morgan fingerprint density at radius 2 is 1.73 bits per heavy atom. The Morgan fingerprint density at radius 1 is 1.09 bits per heavy atom. The van der Waals surface area contributed by atoms with E-state index >= 15 is 0 Å². The highest BCUT2D eigenvalue weighted by Gasteiger charge is 2.30. The van der Waals surface area contributed by atoms with Gasteiger partial charge in [-0.3, -0.25) is 0 Å². The number of carbonyl (C=O) groups excluding carboxylic acids is 1. The predicted molar refractivity (Wildman–Crippen MR) is 71.7 cm³/mol. The number of alkyl halides is 3. The molecule has 112 valence electrons. The Hall–Kier alpha value is -2.99. The first-order chi connectivity index (χ1) is 10.4. The van der Waals surface area contributed by atoms with Crippen molar-refractivity contribution in [2.24, 2.45) is 5.11 Å². The monoisotopic (exact) mass is 307 g/mol. The summed E-state index contributed by atoms with van der Waals surface area (Å²) < 4.78 is 42.4. The molecule has 0 heterocycles. The Balaban J connectivity index is 2.21. The molecule has 0 aliphatic rings. The van der Waals surface area contributed by atoms with Crippen molar-refractivity contribution in [1.82, 2.24) is 0 Å². The summed E-state index contributed by atoms with van der Waals surface area (Å²) >= 11 is 0. The molecular formula is C14H8F3N3O2. The second-order valence-electron chi connectivity index (χ2n) is 4.12. The molecule has 0 amide bonds. The van der Waals surface area contributed by atoms with Gasteiger partial charge in [0.25, 0.3) is 0 Å². The average molecular weight is 307 g/mol. The predicted octanol–water partition coefficient (Wildman–Crippen LogP) is 4.87. The summed E-state index contributed by atoms with van der Waals surface area (Å²) in [4.78, 5) is 14.5. The van der Waals surface area contributed by atoms with Crippen molar-refractivity contribution in [1.29, 1.82) is 0 Å². The minimum Gasteiger partial charge on any atom is -0.422 e. The lowest BCUT2D eigenvalue weighted by Crippen LogP contribution is -2.10. The van der Waals surface area contributed by atoms with Crippen molar-refractivity contribution < 1.29 is 22.7 Å². The van der Waals surface area contributed by atoms with Crippen LogP contribution >= 0.6 is 0 Å². The minimum atomic E-state index is -4.48. The van der Waals surface area contributed by atoms with Gasteiger partial charge in [0.15, 0.2) is 0 Å². The summed E-state index contributed by atoms with van der Waals surface area (Å²) in [6.45, 7) is 0. The lowest BCUT2D eigenvalue weighted by Gasteiger charge is -2.08. The van der Waals surface area contributed by atoms with E-state index in [0.717, 1.165) is 24.3 Å². The molecule has 2 rings (SSSR count). The molecule has 2 aromatic rings. The van der Waals surface area contributed by atoms with Crippen LogP contribution in [0.2, 0.25) is 0 Å². The molecular weight excluding hydrogens is 299 g/mol. The van der Waals surface area contributed by atoms with Gasteiger partial charge in [-0.05, 0) is 41.9 Å². The minimum absolute atomic E-state index is 0.0187. The first kappa shape index (κ1) is 15.4. The summed E-state index contributed by atoms with van der Waals surface area (Å²) in [7, 11) is 0. The maximum atomic E-state index is 12.4. The maximum Gasteiger partial charge on any atom is 0.416 e. The van der Waals surface area contributed by atoms with Crippen LogP contribution in [-0.2, 0) is 6.18 Å².